The summed E-state index contributed by atoms with van der Waals surface area (Å²) in [5, 5.41) is 0.615. The molecule has 0 amide bonds. The molecule has 25 heavy (non-hydrogen) atoms. The number of hydrogen-bond acceptors (Lipinski definition) is 2. The van der Waals surface area contributed by atoms with Crippen molar-refractivity contribution in [3.63, 3.8) is 0 Å². The van der Waals surface area contributed by atoms with Crippen molar-refractivity contribution in [1.29, 1.82) is 0 Å². The van der Waals surface area contributed by atoms with Gasteiger partial charge in [-0.3, -0.25) is 0 Å². The summed E-state index contributed by atoms with van der Waals surface area (Å²) in [5.41, 5.74) is 2.65. The average Bonchev–Trinajstić information content (AvgIpc) is 2.68. The SMILES string of the molecule is COc1ccc(C(Cl)(c2ccc(OC)cc2)c2ccccc2Cl)cc1. The van der Waals surface area contributed by atoms with Crippen LogP contribution in [0.3, 0.4) is 0 Å². The Balaban J connectivity index is 2.21. The molecule has 3 aromatic carbocycles. The highest BCUT2D eigenvalue weighted by Gasteiger charge is 2.35. The zero-order valence-electron chi connectivity index (χ0n) is 14.0. The van der Waals surface area contributed by atoms with Crippen molar-refractivity contribution in [1.82, 2.24) is 0 Å². The first-order valence-electron chi connectivity index (χ1n) is 7.82. The fourth-order valence-corrected chi connectivity index (χ4v) is 3.60. The topological polar surface area (TPSA) is 18.5 Å². The molecule has 3 aromatic rings. The zero-order chi connectivity index (χ0) is 17.9. The lowest BCUT2D eigenvalue weighted by atomic mass is 9.84. The van der Waals surface area contributed by atoms with Gasteiger partial charge in [0.25, 0.3) is 0 Å². The molecule has 4 heteroatoms. The van der Waals surface area contributed by atoms with Gasteiger partial charge >= 0.3 is 0 Å². The van der Waals surface area contributed by atoms with Crippen LogP contribution in [0.25, 0.3) is 0 Å². The van der Waals surface area contributed by atoms with Crippen LogP contribution in [0.15, 0.2) is 72.8 Å². The van der Waals surface area contributed by atoms with E-state index >= 15 is 0 Å². The highest BCUT2D eigenvalue weighted by molar-refractivity contribution is 6.34. The van der Waals surface area contributed by atoms with Gasteiger partial charge < -0.3 is 9.47 Å². The summed E-state index contributed by atoms with van der Waals surface area (Å²) in [6.45, 7) is 0. The van der Waals surface area contributed by atoms with Gasteiger partial charge in [-0.15, -0.1) is 11.6 Å². The Hall–Kier alpha value is -2.16. The number of halogens is 2. The molecule has 0 aliphatic rings. The summed E-state index contributed by atoms with van der Waals surface area (Å²) < 4.78 is 10.5. The van der Waals surface area contributed by atoms with Crippen LogP contribution in [0.5, 0.6) is 11.5 Å². The predicted molar refractivity (Wildman–Crippen MR) is 103 cm³/mol. The molecule has 0 unspecified atom stereocenters. The van der Waals surface area contributed by atoms with Gasteiger partial charge in [0.2, 0.25) is 0 Å². The Labute approximate surface area is 157 Å². The Morgan fingerprint density at radius 2 is 1.12 bits per heavy atom. The van der Waals surface area contributed by atoms with Gasteiger partial charge in [-0.2, -0.15) is 0 Å². The second kappa shape index (κ2) is 7.38. The van der Waals surface area contributed by atoms with Crippen molar-refractivity contribution >= 4 is 23.2 Å². The van der Waals surface area contributed by atoms with E-state index in [-0.39, 0.29) is 0 Å². The predicted octanol–water partition coefficient (Wildman–Crippen LogP) is 5.89. The van der Waals surface area contributed by atoms with Gasteiger partial charge in [-0.05, 0) is 41.5 Å². The monoisotopic (exact) mass is 372 g/mol. The number of benzene rings is 3. The van der Waals surface area contributed by atoms with E-state index in [0.717, 1.165) is 28.2 Å². The first-order valence-corrected chi connectivity index (χ1v) is 8.58. The number of alkyl halides is 1. The van der Waals surface area contributed by atoms with Crippen molar-refractivity contribution < 1.29 is 9.47 Å². The van der Waals surface area contributed by atoms with E-state index in [1.54, 1.807) is 14.2 Å². The molecule has 0 heterocycles. The fourth-order valence-electron chi connectivity index (χ4n) is 2.86. The first kappa shape index (κ1) is 17.7. The molecule has 0 atom stereocenters. The van der Waals surface area contributed by atoms with Crippen LogP contribution in [0.1, 0.15) is 16.7 Å². The molecule has 0 bridgehead atoms. The first-order chi connectivity index (χ1) is 12.1. The number of hydrogen-bond donors (Lipinski definition) is 0. The lowest BCUT2D eigenvalue weighted by Crippen LogP contribution is -2.22. The Morgan fingerprint density at radius 1 is 0.680 bits per heavy atom. The summed E-state index contributed by atoms with van der Waals surface area (Å²) in [5.74, 6) is 1.55. The average molecular weight is 373 g/mol. The van der Waals surface area contributed by atoms with Crippen molar-refractivity contribution in [2.45, 2.75) is 4.87 Å². The van der Waals surface area contributed by atoms with Crippen molar-refractivity contribution in [3.05, 3.63) is 94.5 Å². The minimum atomic E-state index is -0.920. The van der Waals surface area contributed by atoms with E-state index in [0.29, 0.717) is 5.02 Å². The van der Waals surface area contributed by atoms with Gasteiger partial charge in [0, 0.05) is 10.6 Å². The van der Waals surface area contributed by atoms with Gasteiger partial charge in [0.15, 0.2) is 0 Å². The van der Waals surface area contributed by atoms with E-state index in [4.69, 9.17) is 32.7 Å². The van der Waals surface area contributed by atoms with Crippen LogP contribution in [0, 0.1) is 0 Å². The van der Waals surface area contributed by atoms with Gasteiger partial charge in [0.05, 0.1) is 14.2 Å². The van der Waals surface area contributed by atoms with Crippen molar-refractivity contribution in [3.8, 4) is 11.5 Å². The third-order valence-corrected chi connectivity index (χ3v) is 5.19. The fraction of sp³-hybridized carbons (Fsp3) is 0.143. The third-order valence-electron chi connectivity index (χ3n) is 4.22. The molecule has 0 fully saturated rings. The maximum atomic E-state index is 7.25. The normalized spacial score (nSPS) is 11.2. The molecule has 2 nitrogen and oxygen atoms in total. The Bertz CT molecular complexity index is 795. The minimum Gasteiger partial charge on any atom is -0.497 e. The Kier molecular flexibility index (Phi) is 5.22. The molecule has 128 valence electrons. The second-order valence-electron chi connectivity index (χ2n) is 5.60. The smallest absolute Gasteiger partial charge is 0.121 e. The summed E-state index contributed by atoms with van der Waals surface area (Å²) in [4.78, 5) is -0.920. The molecule has 0 spiro atoms. The van der Waals surface area contributed by atoms with Crippen LogP contribution in [-0.4, -0.2) is 14.2 Å². The van der Waals surface area contributed by atoms with Crippen LogP contribution in [0.4, 0.5) is 0 Å². The number of methoxy groups -OCH3 is 2. The molecular weight excluding hydrogens is 355 g/mol. The molecule has 0 aliphatic heterocycles. The summed E-state index contributed by atoms with van der Waals surface area (Å²) in [6.07, 6.45) is 0. The number of ether oxygens (including phenoxy) is 2. The number of rotatable bonds is 5. The maximum Gasteiger partial charge on any atom is 0.121 e. The minimum absolute atomic E-state index is 0.615. The van der Waals surface area contributed by atoms with E-state index in [1.807, 2.05) is 72.8 Å². The highest BCUT2D eigenvalue weighted by Crippen LogP contribution is 2.46. The van der Waals surface area contributed by atoms with Crippen LogP contribution < -0.4 is 9.47 Å². The van der Waals surface area contributed by atoms with Gasteiger partial charge in [-0.25, -0.2) is 0 Å². The zero-order valence-corrected chi connectivity index (χ0v) is 15.5. The second-order valence-corrected chi connectivity index (χ2v) is 6.57. The van der Waals surface area contributed by atoms with Crippen LogP contribution >= 0.6 is 23.2 Å². The molecular formula is C21H18Cl2O2. The van der Waals surface area contributed by atoms with E-state index in [2.05, 4.69) is 0 Å². The molecule has 0 N–H and O–H groups in total. The summed E-state index contributed by atoms with van der Waals surface area (Å²) in [6, 6.07) is 23.0. The maximum absolute atomic E-state index is 7.25. The molecule has 0 aromatic heterocycles. The Morgan fingerprint density at radius 3 is 1.52 bits per heavy atom. The third kappa shape index (κ3) is 3.33. The van der Waals surface area contributed by atoms with Crippen LogP contribution in [0.2, 0.25) is 5.02 Å². The standard InChI is InChI=1S/C21H18Cl2O2/c1-24-17-11-7-15(8-12-17)21(23,19-5-3-4-6-20(19)22)16-9-13-18(25-2)14-10-16/h3-14H,1-2H3. The largest absolute Gasteiger partial charge is 0.497 e. The molecule has 3 rings (SSSR count). The summed E-state index contributed by atoms with van der Waals surface area (Å²) in [7, 11) is 3.28. The lowest BCUT2D eigenvalue weighted by Gasteiger charge is -2.30. The van der Waals surface area contributed by atoms with Crippen LogP contribution in [-0.2, 0) is 4.87 Å². The van der Waals surface area contributed by atoms with E-state index in [9.17, 15) is 0 Å². The van der Waals surface area contributed by atoms with Gasteiger partial charge in [0.1, 0.15) is 16.4 Å². The van der Waals surface area contributed by atoms with Gasteiger partial charge in [-0.1, -0.05) is 54.1 Å². The quantitative estimate of drug-likeness (QED) is 0.410. The molecule has 0 saturated heterocycles. The lowest BCUT2D eigenvalue weighted by molar-refractivity contribution is 0.414. The highest BCUT2D eigenvalue weighted by atomic mass is 35.5. The molecule has 0 aliphatic carbocycles. The van der Waals surface area contributed by atoms with Crippen molar-refractivity contribution in [2.75, 3.05) is 14.2 Å². The summed E-state index contributed by atoms with van der Waals surface area (Å²) >= 11 is 13.7. The van der Waals surface area contributed by atoms with E-state index < -0.39 is 4.87 Å². The molecule has 0 radical (unpaired) electrons. The van der Waals surface area contributed by atoms with Crippen molar-refractivity contribution in [2.24, 2.45) is 0 Å². The molecule has 0 saturated carbocycles. The van der Waals surface area contributed by atoms with E-state index in [1.165, 1.54) is 0 Å².